The SMILES string of the molecule is CN(CCCNCc1ccccc1[O-])Cc1ccccn1.CN(CCCNCc1ccccc1[O-])Cc1ccccn1.F[B-](F)(F)F.F[B-](F)(F)F.[Cu+2].[Cu+2]. The van der Waals surface area contributed by atoms with E-state index in [-0.39, 0.29) is 45.6 Å². The number of para-hydroxylation sites is 2. The van der Waals surface area contributed by atoms with Gasteiger partial charge in [-0.1, -0.05) is 60.7 Å². The van der Waals surface area contributed by atoms with Gasteiger partial charge in [-0.05, 0) is 88.5 Å². The van der Waals surface area contributed by atoms with Crippen molar-refractivity contribution < 1.29 is 78.9 Å². The molecule has 2 aromatic heterocycles. The average molecular weight is 869 g/mol. The van der Waals surface area contributed by atoms with Crippen molar-refractivity contribution in [2.24, 2.45) is 0 Å². The van der Waals surface area contributed by atoms with E-state index in [1.54, 1.807) is 24.3 Å². The van der Waals surface area contributed by atoms with Crippen molar-refractivity contribution in [2.75, 3.05) is 40.3 Å². The van der Waals surface area contributed by atoms with Crippen molar-refractivity contribution >= 4 is 14.5 Å². The number of nitrogens with one attached hydrogen (secondary N) is 2. The van der Waals surface area contributed by atoms with Crippen molar-refractivity contribution in [3.05, 3.63) is 120 Å². The first-order valence-electron chi connectivity index (χ1n) is 16.3. The van der Waals surface area contributed by atoms with Crippen LogP contribution in [0.15, 0.2) is 97.3 Å². The molecule has 0 unspecified atom stereocenters. The molecule has 0 saturated carbocycles. The quantitative estimate of drug-likeness (QED) is 0.0789. The van der Waals surface area contributed by atoms with Gasteiger partial charge in [0.1, 0.15) is 0 Å². The molecule has 20 heteroatoms. The van der Waals surface area contributed by atoms with E-state index < -0.39 is 14.5 Å². The summed E-state index contributed by atoms with van der Waals surface area (Å²) in [6.07, 6.45) is 5.74. The number of rotatable bonds is 16. The van der Waals surface area contributed by atoms with E-state index in [4.69, 9.17) is 0 Å². The average Bonchev–Trinajstić information content (AvgIpc) is 3.06. The van der Waals surface area contributed by atoms with Crippen molar-refractivity contribution in [1.82, 2.24) is 30.4 Å². The van der Waals surface area contributed by atoms with Crippen LogP contribution in [0.2, 0.25) is 0 Å². The summed E-state index contributed by atoms with van der Waals surface area (Å²) in [5.74, 6) is 0.217. The summed E-state index contributed by atoms with van der Waals surface area (Å²) in [7, 11) is -7.80. The molecular weight excluding hydrogens is 825 g/mol. The summed E-state index contributed by atoms with van der Waals surface area (Å²) >= 11 is 0. The predicted molar refractivity (Wildman–Crippen MR) is 186 cm³/mol. The maximum Gasteiger partial charge on any atom is 2.00 e. The molecule has 8 nitrogen and oxygen atoms in total. The van der Waals surface area contributed by atoms with E-state index in [2.05, 4.69) is 44.5 Å². The zero-order chi connectivity index (χ0) is 38.8. The first-order chi connectivity index (χ1) is 24.5. The van der Waals surface area contributed by atoms with E-state index in [9.17, 15) is 44.7 Å². The smallest absolute Gasteiger partial charge is 0.872 e. The minimum absolute atomic E-state index is 0. The fourth-order valence-electron chi connectivity index (χ4n) is 4.39. The van der Waals surface area contributed by atoms with Crippen LogP contribution in [0.5, 0.6) is 11.5 Å². The second kappa shape index (κ2) is 30.1. The molecule has 2 heterocycles. The third-order valence-electron chi connectivity index (χ3n) is 6.68. The molecule has 0 atom stereocenters. The van der Waals surface area contributed by atoms with Crippen LogP contribution in [0.25, 0.3) is 0 Å². The third kappa shape index (κ3) is 32.2. The minimum Gasteiger partial charge on any atom is -0.872 e. The Morgan fingerprint density at radius 1 is 0.537 bits per heavy atom. The van der Waals surface area contributed by atoms with Gasteiger partial charge in [-0.15, -0.1) is 11.5 Å². The molecule has 0 saturated heterocycles. The third-order valence-corrected chi connectivity index (χ3v) is 6.68. The van der Waals surface area contributed by atoms with Crippen LogP contribution in [0, 0.1) is 0 Å². The molecule has 2 N–H and O–H groups in total. The van der Waals surface area contributed by atoms with E-state index in [0.29, 0.717) is 13.1 Å². The largest absolute Gasteiger partial charge is 2.00 e. The molecule has 0 amide bonds. The van der Waals surface area contributed by atoms with Gasteiger partial charge >= 0.3 is 48.6 Å². The van der Waals surface area contributed by atoms with Crippen LogP contribution >= 0.6 is 0 Å². The summed E-state index contributed by atoms with van der Waals surface area (Å²) in [5, 5.41) is 29.7. The second-order valence-electron chi connectivity index (χ2n) is 11.4. The zero-order valence-corrected chi connectivity index (χ0v) is 31.6. The number of hydrogen-bond donors (Lipinski definition) is 2. The fourth-order valence-corrected chi connectivity index (χ4v) is 4.39. The Bertz CT molecular complexity index is 1370. The van der Waals surface area contributed by atoms with E-state index in [1.165, 1.54) is 0 Å². The molecule has 0 fully saturated rings. The van der Waals surface area contributed by atoms with Gasteiger partial charge in [-0.2, -0.15) is 0 Å². The first-order valence-corrected chi connectivity index (χ1v) is 16.3. The molecular formula is C34H44B2Cu2F8N6O2. The molecule has 0 bridgehead atoms. The Hall–Kier alpha value is -3.21. The number of hydrogen-bond acceptors (Lipinski definition) is 8. The van der Waals surface area contributed by atoms with Crippen LogP contribution in [-0.2, 0) is 60.3 Å². The molecule has 2 aromatic carbocycles. The van der Waals surface area contributed by atoms with Crippen LogP contribution in [-0.4, -0.2) is 74.6 Å². The molecule has 2 radical (unpaired) electrons. The van der Waals surface area contributed by atoms with Crippen LogP contribution < -0.4 is 20.8 Å². The summed E-state index contributed by atoms with van der Waals surface area (Å²) in [6.45, 7) is 6.83. The molecule has 4 rings (SSSR count). The maximum absolute atomic E-state index is 11.5. The number of benzene rings is 2. The number of aromatic nitrogens is 2. The molecule has 54 heavy (non-hydrogen) atoms. The van der Waals surface area contributed by atoms with Gasteiger partial charge in [-0.25, -0.2) is 0 Å². The molecule has 0 aliphatic heterocycles. The van der Waals surface area contributed by atoms with Gasteiger partial charge in [0.15, 0.2) is 0 Å². The van der Waals surface area contributed by atoms with Gasteiger partial charge in [0.05, 0.1) is 11.4 Å². The van der Waals surface area contributed by atoms with Crippen LogP contribution in [0.4, 0.5) is 34.5 Å². The Morgan fingerprint density at radius 2 is 0.852 bits per heavy atom. The minimum atomic E-state index is -6.00. The number of pyridine rings is 2. The molecule has 0 aliphatic rings. The summed E-state index contributed by atoms with van der Waals surface area (Å²) in [4.78, 5) is 13.2. The standard InChI is InChI=1S/2C17H23N3O.2BF4.2Cu/c2*1-20(14-16-8-4-5-11-19-16)12-6-10-18-13-15-7-2-3-9-17(15)21;2*2-1(3,4)5;;/h2*2-5,7-9,11,18,21H,6,10,12-14H2,1H3;;;;/q;;2*-1;2*+2/p-2. The van der Waals surface area contributed by atoms with Gasteiger partial charge < -0.3 is 65.2 Å². The van der Waals surface area contributed by atoms with Crippen molar-refractivity contribution in [1.29, 1.82) is 0 Å². The van der Waals surface area contributed by atoms with Crippen molar-refractivity contribution in [2.45, 2.75) is 39.0 Å². The van der Waals surface area contributed by atoms with Gasteiger partial charge in [0, 0.05) is 38.6 Å². The summed E-state index contributed by atoms with van der Waals surface area (Å²) in [5.41, 5.74) is 3.85. The fraction of sp³-hybridized carbons (Fsp3) is 0.353. The molecule has 306 valence electrons. The topological polar surface area (TPSA) is 102 Å². The molecule has 0 spiro atoms. The Balaban J connectivity index is 0. The van der Waals surface area contributed by atoms with Crippen molar-refractivity contribution in [3.8, 4) is 11.5 Å². The van der Waals surface area contributed by atoms with Gasteiger partial charge in [0.25, 0.3) is 0 Å². The van der Waals surface area contributed by atoms with Crippen LogP contribution in [0.1, 0.15) is 35.4 Å². The van der Waals surface area contributed by atoms with Gasteiger partial charge in [0.2, 0.25) is 0 Å². The normalized spacial score (nSPS) is 10.7. The Morgan fingerprint density at radius 3 is 1.15 bits per heavy atom. The predicted octanol–water partition coefficient (Wildman–Crippen LogP) is 6.13. The second-order valence-corrected chi connectivity index (χ2v) is 11.4. The Kier molecular flexibility index (Phi) is 29.4. The molecule has 0 aliphatic carbocycles. The molecule has 4 aromatic rings. The zero-order valence-electron chi connectivity index (χ0n) is 29.7. The van der Waals surface area contributed by atoms with Crippen LogP contribution in [0.3, 0.4) is 0 Å². The maximum atomic E-state index is 11.5. The van der Waals surface area contributed by atoms with Crippen molar-refractivity contribution in [3.63, 3.8) is 0 Å². The number of nitrogens with zero attached hydrogens (tertiary/aromatic N) is 4. The summed E-state index contributed by atoms with van der Waals surface area (Å²) in [6, 6.07) is 26.3. The number of halogens is 8. The summed E-state index contributed by atoms with van der Waals surface area (Å²) < 4.78 is 78.0. The van der Waals surface area contributed by atoms with E-state index in [1.807, 2.05) is 73.1 Å². The van der Waals surface area contributed by atoms with E-state index in [0.717, 1.165) is 74.6 Å². The monoisotopic (exact) mass is 868 g/mol. The Labute approximate surface area is 333 Å². The first kappa shape index (κ1) is 52.9. The van der Waals surface area contributed by atoms with E-state index >= 15 is 0 Å². The van der Waals surface area contributed by atoms with Gasteiger partial charge in [-0.3, -0.25) is 9.97 Å².